The van der Waals surface area contributed by atoms with Crippen LogP contribution < -0.4 is 16.0 Å². The fraction of sp³-hybridized carbons (Fsp3) is 0.500. The summed E-state index contributed by atoms with van der Waals surface area (Å²) < 4.78 is 5.13. The number of hydrogen-bond donors (Lipinski definition) is 3. The third kappa shape index (κ3) is 8.85. The van der Waals surface area contributed by atoms with Gasteiger partial charge < -0.3 is 20.7 Å². The average molecular weight is 368 g/mol. The van der Waals surface area contributed by atoms with Crippen LogP contribution in [0.15, 0.2) is 24.3 Å². The third-order valence-electron chi connectivity index (χ3n) is 2.91. The van der Waals surface area contributed by atoms with Crippen LogP contribution >= 0.6 is 12.2 Å². The number of alkyl carbamates (subject to hydrolysis) is 1. The van der Waals surface area contributed by atoms with Gasteiger partial charge in [-0.05, 0) is 51.9 Å². The molecule has 1 amide bonds. The molecule has 1 aromatic carbocycles. The van der Waals surface area contributed by atoms with Gasteiger partial charge in [0, 0.05) is 19.2 Å². The van der Waals surface area contributed by atoms with Crippen LogP contribution in [-0.2, 0) is 4.74 Å². The molecule has 0 radical (unpaired) electrons. The number of ether oxygens (including phenoxy) is 1. The van der Waals surface area contributed by atoms with Gasteiger partial charge in [-0.3, -0.25) is 10.1 Å². The molecule has 1 rings (SSSR count). The van der Waals surface area contributed by atoms with E-state index >= 15 is 0 Å². The maximum Gasteiger partial charge on any atom is 0.407 e. The number of thiocarbonyl (C=S) groups is 1. The Morgan fingerprint density at radius 1 is 1.20 bits per heavy atom. The van der Waals surface area contributed by atoms with Crippen LogP contribution in [-0.4, -0.2) is 34.8 Å². The lowest BCUT2D eigenvalue weighted by Crippen LogP contribution is -2.33. The molecule has 25 heavy (non-hydrogen) atoms. The van der Waals surface area contributed by atoms with Gasteiger partial charge in [0.1, 0.15) is 11.3 Å². The average Bonchev–Trinajstić information content (AvgIpc) is 2.49. The maximum atomic E-state index is 11.5. The molecule has 0 saturated carbocycles. The van der Waals surface area contributed by atoms with Gasteiger partial charge in [-0.15, -0.1) is 0 Å². The van der Waals surface area contributed by atoms with Crippen molar-refractivity contribution in [2.24, 2.45) is 0 Å². The van der Waals surface area contributed by atoms with Crippen LogP contribution in [0.2, 0.25) is 0 Å². The summed E-state index contributed by atoms with van der Waals surface area (Å²) >= 11 is 5.13. The number of hydrogen-bond acceptors (Lipinski definition) is 5. The van der Waals surface area contributed by atoms with Gasteiger partial charge in [-0.25, -0.2) is 4.79 Å². The van der Waals surface area contributed by atoms with Crippen LogP contribution in [0.25, 0.3) is 0 Å². The van der Waals surface area contributed by atoms with Crippen molar-refractivity contribution >= 4 is 34.8 Å². The van der Waals surface area contributed by atoms with Gasteiger partial charge in [0.25, 0.3) is 5.69 Å². The van der Waals surface area contributed by atoms with Crippen molar-refractivity contribution in [2.75, 3.05) is 18.4 Å². The van der Waals surface area contributed by atoms with E-state index in [-0.39, 0.29) is 5.69 Å². The Kier molecular flexibility index (Phi) is 8.06. The number of nitrogens with one attached hydrogen (secondary N) is 3. The number of unbranched alkanes of at least 4 members (excludes halogenated alkanes) is 1. The third-order valence-corrected chi connectivity index (χ3v) is 3.15. The first-order chi connectivity index (χ1) is 11.7. The Bertz CT molecular complexity index is 616. The summed E-state index contributed by atoms with van der Waals surface area (Å²) in [5, 5.41) is 19.7. The largest absolute Gasteiger partial charge is 0.444 e. The van der Waals surface area contributed by atoms with E-state index in [1.54, 1.807) is 18.2 Å². The Morgan fingerprint density at radius 3 is 2.40 bits per heavy atom. The van der Waals surface area contributed by atoms with E-state index < -0.39 is 16.6 Å². The second-order valence-corrected chi connectivity index (χ2v) is 6.70. The van der Waals surface area contributed by atoms with E-state index in [1.165, 1.54) is 6.07 Å². The molecule has 0 fully saturated rings. The molecule has 0 atom stereocenters. The minimum Gasteiger partial charge on any atom is -0.444 e. The van der Waals surface area contributed by atoms with Crippen molar-refractivity contribution in [3.8, 4) is 0 Å². The maximum absolute atomic E-state index is 11.5. The number of benzene rings is 1. The van der Waals surface area contributed by atoms with Crippen LogP contribution in [0, 0.1) is 10.1 Å². The van der Waals surface area contributed by atoms with E-state index in [4.69, 9.17) is 17.0 Å². The van der Waals surface area contributed by atoms with Crippen LogP contribution in [0.1, 0.15) is 33.6 Å². The van der Waals surface area contributed by atoms with Gasteiger partial charge in [0.2, 0.25) is 0 Å². The predicted octanol–water partition coefficient (Wildman–Crippen LogP) is 3.19. The first kappa shape index (κ1) is 20.6. The second-order valence-electron chi connectivity index (χ2n) is 6.29. The molecule has 1 aromatic rings. The molecule has 0 saturated heterocycles. The summed E-state index contributed by atoms with van der Waals surface area (Å²) in [5.74, 6) is 0. The minimum absolute atomic E-state index is 0.0341. The summed E-state index contributed by atoms with van der Waals surface area (Å²) in [6, 6.07) is 6.29. The summed E-state index contributed by atoms with van der Waals surface area (Å²) in [7, 11) is 0. The summed E-state index contributed by atoms with van der Waals surface area (Å²) in [6.45, 7) is 6.51. The van der Waals surface area contributed by atoms with E-state index in [0.717, 1.165) is 12.8 Å². The van der Waals surface area contributed by atoms with E-state index in [9.17, 15) is 14.9 Å². The molecule has 0 unspecified atom stereocenters. The molecule has 0 aliphatic carbocycles. The van der Waals surface area contributed by atoms with Gasteiger partial charge in [-0.1, -0.05) is 12.1 Å². The zero-order chi connectivity index (χ0) is 18.9. The second kappa shape index (κ2) is 9.77. The fourth-order valence-electron chi connectivity index (χ4n) is 1.86. The van der Waals surface area contributed by atoms with Crippen molar-refractivity contribution in [1.82, 2.24) is 10.6 Å². The van der Waals surface area contributed by atoms with Crippen LogP contribution in [0.3, 0.4) is 0 Å². The molecule has 0 aromatic heterocycles. The number of para-hydroxylation sites is 2. The van der Waals surface area contributed by atoms with Crippen molar-refractivity contribution < 1.29 is 14.5 Å². The van der Waals surface area contributed by atoms with Crippen LogP contribution in [0.4, 0.5) is 16.2 Å². The van der Waals surface area contributed by atoms with Crippen molar-refractivity contribution in [1.29, 1.82) is 0 Å². The lowest BCUT2D eigenvalue weighted by molar-refractivity contribution is -0.383. The smallest absolute Gasteiger partial charge is 0.407 e. The van der Waals surface area contributed by atoms with Crippen molar-refractivity contribution in [2.45, 2.75) is 39.2 Å². The highest BCUT2D eigenvalue weighted by molar-refractivity contribution is 7.80. The molecular formula is C16H24N4O4S. The monoisotopic (exact) mass is 368 g/mol. The van der Waals surface area contributed by atoms with Crippen LogP contribution in [0.5, 0.6) is 0 Å². The molecule has 9 heteroatoms. The molecule has 0 spiro atoms. The summed E-state index contributed by atoms with van der Waals surface area (Å²) in [4.78, 5) is 21.9. The van der Waals surface area contributed by atoms with E-state index in [2.05, 4.69) is 16.0 Å². The first-order valence-electron chi connectivity index (χ1n) is 7.94. The number of anilines is 1. The number of amides is 1. The standard InChI is InChI=1S/C16H24N4O4S/c1-16(2,3)24-15(21)18-11-7-6-10-17-14(25)19-12-8-4-5-9-13(12)20(22)23/h4-5,8-9H,6-7,10-11H2,1-3H3,(H,18,21)(H2,17,19,25). The molecule has 138 valence electrons. The number of nitro groups is 1. The number of carbonyl (C=O) groups excluding carboxylic acids is 1. The van der Waals surface area contributed by atoms with E-state index in [1.807, 2.05) is 20.8 Å². The topological polar surface area (TPSA) is 106 Å². The zero-order valence-corrected chi connectivity index (χ0v) is 15.4. The lowest BCUT2D eigenvalue weighted by Gasteiger charge is -2.19. The fourth-order valence-corrected chi connectivity index (χ4v) is 2.07. The quantitative estimate of drug-likeness (QED) is 0.294. The molecular weight excluding hydrogens is 344 g/mol. The normalized spacial score (nSPS) is 10.7. The van der Waals surface area contributed by atoms with Gasteiger partial charge in [0.15, 0.2) is 5.11 Å². The molecule has 8 nitrogen and oxygen atoms in total. The molecule has 0 bridgehead atoms. The number of nitrogens with zero attached hydrogens (tertiary/aromatic N) is 1. The molecule has 0 aliphatic heterocycles. The lowest BCUT2D eigenvalue weighted by atomic mass is 10.2. The molecule has 0 aliphatic rings. The Hall–Kier alpha value is -2.42. The SMILES string of the molecule is CC(C)(C)OC(=O)NCCCCNC(=S)Nc1ccccc1[N+](=O)[O-]. The number of nitro benzene ring substituents is 1. The van der Waals surface area contributed by atoms with Crippen molar-refractivity contribution in [3.63, 3.8) is 0 Å². The first-order valence-corrected chi connectivity index (χ1v) is 8.35. The minimum atomic E-state index is -0.510. The Labute approximate surface area is 152 Å². The van der Waals surface area contributed by atoms with Gasteiger partial charge in [0.05, 0.1) is 4.92 Å². The Morgan fingerprint density at radius 2 is 1.80 bits per heavy atom. The highest BCUT2D eigenvalue weighted by Crippen LogP contribution is 2.22. The number of rotatable bonds is 7. The molecule has 0 heterocycles. The Balaban J connectivity index is 2.22. The highest BCUT2D eigenvalue weighted by atomic mass is 32.1. The predicted molar refractivity (Wildman–Crippen MR) is 101 cm³/mol. The van der Waals surface area contributed by atoms with Gasteiger partial charge in [-0.2, -0.15) is 0 Å². The van der Waals surface area contributed by atoms with Crippen molar-refractivity contribution in [3.05, 3.63) is 34.4 Å². The van der Waals surface area contributed by atoms with E-state index in [0.29, 0.717) is 23.9 Å². The zero-order valence-electron chi connectivity index (χ0n) is 14.6. The summed E-state index contributed by atoms with van der Waals surface area (Å²) in [6.07, 6.45) is 1.09. The van der Waals surface area contributed by atoms with Gasteiger partial charge >= 0.3 is 6.09 Å². The number of carbonyl (C=O) groups is 1. The summed E-state index contributed by atoms with van der Waals surface area (Å²) in [5.41, 5.74) is -0.200. The highest BCUT2D eigenvalue weighted by Gasteiger charge is 2.15. The molecule has 3 N–H and O–H groups in total.